The first-order valence-corrected chi connectivity index (χ1v) is 3.46. The van der Waals surface area contributed by atoms with E-state index in [1.165, 1.54) is 0 Å². The summed E-state index contributed by atoms with van der Waals surface area (Å²) >= 11 is 0. The van der Waals surface area contributed by atoms with Crippen molar-refractivity contribution in [2.45, 2.75) is 0 Å². The van der Waals surface area contributed by atoms with Crippen LogP contribution in [0.3, 0.4) is 0 Å². The van der Waals surface area contributed by atoms with Crippen molar-refractivity contribution in [3.63, 3.8) is 0 Å². The molecule has 0 spiro atoms. The molecule has 4 N–H and O–H groups in total. The van der Waals surface area contributed by atoms with Crippen LogP contribution in [0, 0.1) is 0 Å². The first-order valence-electron chi connectivity index (χ1n) is 3.46. The molecule has 1 aromatic carbocycles. The predicted molar refractivity (Wildman–Crippen MR) is 45.9 cm³/mol. The van der Waals surface area contributed by atoms with Crippen molar-refractivity contribution in [3.8, 4) is 11.5 Å². The Hall–Kier alpha value is -0.240. The van der Waals surface area contributed by atoms with Crippen molar-refractivity contribution in [2.75, 3.05) is 0 Å². The van der Waals surface area contributed by atoms with Gasteiger partial charge in [0.2, 0.25) is 0 Å². The van der Waals surface area contributed by atoms with Crippen LogP contribution in [0.5, 0.6) is 11.5 Å². The van der Waals surface area contributed by atoms with Crippen molar-refractivity contribution >= 4 is 11.9 Å². The van der Waals surface area contributed by atoms with Crippen molar-refractivity contribution in [2.24, 2.45) is 0 Å². The summed E-state index contributed by atoms with van der Waals surface area (Å²) in [6, 6.07) is 1.81. The second-order valence-corrected chi connectivity index (χ2v) is 2.47. The van der Waals surface area contributed by atoms with Crippen LogP contribution in [-0.4, -0.2) is 32.4 Å². The fourth-order valence-electron chi connectivity index (χ4n) is 0.925. The Morgan fingerprint density at radius 1 is 0.875 bits per heavy atom. The number of rotatable bonds is 2. The summed E-state index contributed by atoms with van der Waals surface area (Å²) in [5.74, 6) is -4.79. The van der Waals surface area contributed by atoms with Gasteiger partial charge in [-0.1, -0.05) is 0 Å². The molecule has 1 aromatic rings. The molecule has 0 aliphatic carbocycles. The average molecular weight is 246 g/mol. The van der Waals surface area contributed by atoms with Gasteiger partial charge in [-0.3, -0.25) is 0 Å². The SMILES string of the molecule is O=C(O)c1ccc(C(=O)O)c(O)c1O.[H-].[H-].[Na+].[Na+]. The van der Waals surface area contributed by atoms with Gasteiger partial charge >= 0.3 is 71.1 Å². The normalized spacial score (nSPS) is 8.50. The zero-order chi connectivity index (χ0) is 10.9. The van der Waals surface area contributed by atoms with E-state index in [1.54, 1.807) is 0 Å². The number of hydrogen-bond acceptors (Lipinski definition) is 4. The zero-order valence-corrected chi connectivity index (χ0v) is 12.8. The first-order chi connectivity index (χ1) is 6.45. The minimum atomic E-state index is -1.45. The fraction of sp³-hybridized carbons (Fsp3) is 0. The Labute approximate surface area is 137 Å². The molecular weight excluding hydrogens is 238 g/mol. The second kappa shape index (κ2) is 7.16. The number of aromatic hydroxyl groups is 2. The van der Waals surface area contributed by atoms with Gasteiger partial charge in [-0.05, 0) is 12.1 Å². The van der Waals surface area contributed by atoms with Gasteiger partial charge < -0.3 is 23.3 Å². The van der Waals surface area contributed by atoms with E-state index in [-0.39, 0.29) is 62.0 Å². The van der Waals surface area contributed by atoms with Crippen LogP contribution in [0.1, 0.15) is 23.6 Å². The summed E-state index contributed by atoms with van der Waals surface area (Å²) in [4.78, 5) is 20.9. The van der Waals surface area contributed by atoms with Crippen LogP contribution in [0.25, 0.3) is 0 Å². The molecule has 6 nitrogen and oxygen atoms in total. The van der Waals surface area contributed by atoms with Crippen molar-refractivity contribution in [1.29, 1.82) is 0 Å². The van der Waals surface area contributed by atoms with Crippen LogP contribution < -0.4 is 59.1 Å². The molecule has 0 aliphatic rings. The van der Waals surface area contributed by atoms with Gasteiger partial charge in [0.1, 0.15) is 11.1 Å². The molecule has 78 valence electrons. The van der Waals surface area contributed by atoms with Crippen LogP contribution in [-0.2, 0) is 0 Å². The maximum absolute atomic E-state index is 10.4. The van der Waals surface area contributed by atoms with Crippen LogP contribution >= 0.6 is 0 Å². The van der Waals surface area contributed by atoms with E-state index in [0.717, 1.165) is 12.1 Å². The maximum atomic E-state index is 10.4. The van der Waals surface area contributed by atoms with Gasteiger partial charge in [-0.15, -0.1) is 0 Å². The summed E-state index contributed by atoms with van der Waals surface area (Å²) in [5.41, 5.74) is -1.10. The molecule has 0 aromatic heterocycles. The zero-order valence-electron chi connectivity index (χ0n) is 10.8. The number of hydrogen-bond donors (Lipinski definition) is 4. The van der Waals surface area contributed by atoms with E-state index in [4.69, 9.17) is 20.4 Å². The summed E-state index contributed by atoms with van der Waals surface area (Å²) in [5, 5.41) is 35.2. The largest absolute Gasteiger partial charge is 1.00 e. The molecule has 8 heteroatoms. The molecule has 0 saturated heterocycles. The van der Waals surface area contributed by atoms with Gasteiger partial charge in [-0.25, -0.2) is 9.59 Å². The topological polar surface area (TPSA) is 115 Å². The Balaban J connectivity index is -0.000000245. The molecular formula is C8H8Na2O6. The van der Waals surface area contributed by atoms with Gasteiger partial charge in [-0.2, -0.15) is 0 Å². The Morgan fingerprint density at radius 3 is 1.31 bits per heavy atom. The molecule has 0 saturated carbocycles. The second-order valence-electron chi connectivity index (χ2n) is 2.47. The summed E-state index contributed by atoms with van der Waals surface area (Å²) < 4.78 is 0. The molecule has 0 radical (unpaired) electrons. The predicted octanol–water partition coefficient (Wildman–Crippen LogP) is -5.27. The Kier molecular flexibility index (Phi) is 8.11. The molecule has 0 aliphatic heterocycles. The maximum Gasteiger partial charge on any atom is 1.00 e. The molecule has 0 atom stereocenters. The fourth-order valence-corrected chi connectivity index (χ4v) is 0.925. The average Bonchev–Trinajstić information content (AvgIpc) is 2.08. The van der Waals surface area contributed by atoms with Crippen LogP contribution in [0.4, 0.5) is 0 Å². The minimum absolute atomic E-state index is 0. The number of carbonyl (C=O) groups is 2. The van der Waals surface area contributed by atoms with Crippen LogP contribution in [0.15, 0.2) is 12.1 Å². The van der Waals surface area contributed by atoms with Crippen molar-refractivity contribution < 1.29 is 92.0 Å². The van der Waals surface area contributed by atoms with Gasteiger partial charge in [0.25, 0.3) is 0 Å². The molecule has 0 heterocycles. The Bertz CT molecular complexity index is 387. The number of aromatic carboxylic acids is 2. The third kappa shape index (κ3) is 3.65. The first kappa shape index (κ1) is 18.1. The molecule has 0 unspecified atom stereocenters. The summed E-state index contributed by atoms with van der Waals surface area (Å²) in [7, 11) is 0. The van der Waals surface area contributed by atoms with Crippen molar-refractivity contribution in [1.82, 2.24) is 0 Å². The summed E-state index contributed by atoms with van der Waals surface area (Å²) in [6.45, 7) is 0. The number of benzene rings is 1. The van der Waals surface area contributed by atoms with E-state index < -0.39 is 34.6 Å². The van der Waals surface area contributed by atoms with Gasteiger partial charge in [0.15, 0.2) is 11.5 Å². The van der Waals surface area contributed by atoms with Gasteiger partial charge in [0, 0.05) is 0 Å². The third-order valence-corrected chi connectivity index (χ3v) is 1.61. The monoisotopic (exact) mass is 246 g/mol. The van der Waals surface area contributed by atoms with E-state index in [2.05, 4.69) is 0 Å². The molecule has 16 heavy (non-hydrogen) atoms. The third-order valence-electron chi connectivity index (χ3n) is 1.61. The van der Waals surface area contributed by atoms with Crippen molar-refractivity contribution in [3.05, 3.63) is 23.3 Å². The minimum Gasteiger partial charge on any atom is -1.00 e. The van der Waals surface area contributed by atoms with Crippen LogP contribution in [0.2, 0.25) is 0 Å². The molecule has 0 fully saturated rings. The quantitative estimate of drug-likeness (QED) is 0.306. The number of carboxylic acid groups (broad SMARTS) is 2. The Morgan fingerprint density at radius 2 is 1.12 bits per heavy atom. The molecule has 0 amide bonds. The number of carboxylic acids is 2. The van der Waals surface area contributed by atoms with E-state index >= 15 is 0 Å². The van der Waals surface area contributed by atoms with Gasteiger partial charge in [0.05, 0.1) is 0 Å². The van der Waals surface area contributed by atoms with E-state index in [9.17, 15) is 9.59 Å². The number of phenols is 2. The molecule has 0 bridgehead atoms. The van der Waals surface area contributed by atoms with E-state index in [1.807, 2.05) is 0 Å². The van der Waals surface area contributed by atoms with E-state index in [0.29, 0.717) is 0 Å². The standard InChI is InChI=1S/C8H6O6.2Na.2H/c9-5-3(7(11)12)1-2-4(6(5)10)8(13)14;;;;/h1-2,9-10H,(H,11,12)(H,13,14);;;;/q;2*+1;2*-1. The smallest absolute Gasteiger partial charge is 1.00 e. The molecule has 1 rings (SSSR count). The summed E-state index contributed by atoms with van der Waals surface area (Å²) in [6.07, 6.45) is 0.